The molecule has 4 nitrogen and oxygen atoms in total. The van der Waals surface area contributed by atoms with E-state index in [0.717, 1.165) is 11.0 Å². The van der Waals surface area contributed by atoms with Crippen molar-refractivity contribution in [1.82, 2.24) is 5.32 Å². The van der Waals surface area contributed by atoms with E-state index >= 15 is 0 Å². The number of benzene rings is 2. The zero-order valence-electron chi connectivity index (χ0n) is 13.9. The summed E-state index contributed by atoms with van der Waals surface area (Å²) in [6.07, 6.45) is 0. The van der Waals surface area contributed by atoms with Crippen LogP contribution in [-0.4, -0.2) is 14.3 Å². The lowest BCUT2D eigenvalue weighted by Gasteiger charge is -2.11. The Balaban J connectivity index is 2.51. The van der Waals surface area contributed by atoms with E-state index in [-0.39, 0.29) is 16.2 Å². The van der Waals surface area contributed by atoms with Crippen molar-refractivity contribution in [2.75, 3.05) is 0 Å². The second-order valence-electron chi connectivity index (χ2n) is 5.63. The van der Waals surface area contributed by atoms with Gasteiger partial charge in [0, 0.05) is 5.57 Å². The molecule has 2 aromatic rings. The lowest BCUT2D eigenvalue weighted by Crippen LogP contribution is -2.23. The SMILES string of the molecule is C=C(C)C(=O)N/C(=C\S(=O)(=O)c1ccc(C)cc1)c1ccc(F)cc1. The maximum atomic E-state index is 13.1. The summed E-state index contributed by atoms with van der Waals surface area (Å²) in [7, 11) is -3.81. The Morgan fingerprint density at radius 1 is 1.08 bits per heavy atom. The van der Waals surface area contributed by atoms with Crippen LogP contribution in [0.3, 0.4) is 0 Å². The van der Waals surface area contributed by atoms with Crippen LogP contribution < -0.4 is 5.32 Å². The molecule has 6 heteroatoms. The third-order valence-corrected chi connectivity index (χ3v) is 4.89. The van der Waals surface area contributed by atoms with E-state index in [1.54, 1.807) is 12.1 Å². The molecular formula is C19H18FNO3S. The largest absolute Gasteiger partial charge is 0.321 e. The van der Waals surface area contributed by atoms with Crippen molar-refractivity contribution in [3.63, 3.8) is 0 Å². The molecule has 1 amide bonds. The highest BCUT2D eigenvalue weighted by Gasteiger charge is 2.16. The molecule has 0 fully saturated rings. The molecule has 0 aromatic heterocycles. The highest BCUT2D eigenvalue weighted by molar-refractivity contribution is 7.94. The van der Waals surface area contributed by atoms with Crippen LogP contribution >= 0.6 is 0 Å². The van der Waals surface area contributed by atoms with Gasteiger partial charge in [-0.1, -0.05) is 24.3 Å². The molecule has 0 aliphatic rings. The van der Waals surface area contributed by atoms with Gasteiger partial charge in [-0.2, -0.15) is 0 Å². The summed E-state index contributed by atoms with van der Waals surface area (Å²) < 4.78 is 38.4. The first kappa shape index (κ1) is 18.6. The Hall–Kier alpha value is -2.73. The maximum absolute atomic E-state index is 13.1. The van der Waals surface area contributed by atoms with Gasteiger partial charge in [-0.25, -0.2) is 12.8 Å². The van der Waals surface area contributed by atoms with Crippen molar-refractivity contribution in [2.45, 2.75) is 18.7 Å². The number of rotatable bonds is 5. The van der Waals surface area contributed by atoms with Gasteiger partial charge in [-0.05, 0) is 55.8 Å². The first-order valence-electron chi connectivity index (χ1n) is 7.45. The first-order chi connectivity index (χ1) is 11.7. The Bertz CT molecular complexity index is 928. The van der Waals surface area contributed by atoms with Gasteiger partial charge in [0.05, 0.1) is 16.0 Å². The monoisotopic (exact) mass is 359 g/mol. The van der Waals surface area contributed by atoms with Gasteiger partial charge in [-0.3, -0.25) is 4.79 Å². The molecule has 130 valence electrons. The van der Waals surface area contributed by atoms with Crippen LogP contribution in [0, 0.1) is 12.7 Å². The fraction of sp³-hybridized carbons (Fsp3) is 0.105. The third kappa shape index (κ3) is 4.87. The van der Waals surface area contributed by atoms with E-state index in [0.29, 0.717) is 5.56 Å². The molecule has 1 N–H and O–H groups in total. The number of hydrogen-bond donors (Lipinski definition) is 1. The minimum absolute atomic E-state index is 0.0496. The van der Waals surface area contributed by atoms with E-state index in [4.69, 9.17) is 0 Å². The number of amides is 1. The summed E-state index contributed by atoms with van der Waals surface area (Å²) in [5.74, 6) is -0.981. The lowest BCUT2D eigenvalue weighted by atomic mass is 10.1. The van der Waals surface area contributed by atoms with E-state index in [9.17, 15) is 17.6 Å². The van der Waals surface area contributed by atoms with Gasteiger partial charge in [0.25, 0.3) is 5.91 Å². The summed E-state index contributed by atoms with van der Waals surface area (Å²) in [5.41, 5.74) is 1.57. The van der Waals surface area contributed by atoms with Crippen LogP contribution in [0.1, 0.15) is 18.1 Å². The quantitative estimate of drug-likeness (QED) is 0.830. The fourth-order valence-corrected chi connectivity index (χ4v) is 3.14. The number of carbonyl (C=O) groups excluding carboxylic acids is 1. The second-order valence-corrected chi connectivity index (χ2v) is 7.43. The minimum atomic E-state index is -3.81. The van der Waals surface area contributed by atoms with Crippen LogP contribution in [-0.2, 0) is 14.6 Å². The number of aryl methyl sites for hydroxylation is 1. The molecule has 0 aliphatic heterocycles. The molecule has 0 saturated heterocycles. The van der Waals surface area contributed by atoms with Crippen LogP contribution in [0.5, 0.6) is 0 Å². The van der Waals surface area contributed by atoms with Gasteiger partial charge in [0.15, 0.2) is 0 Å². The molecule has 0 bridgehead atoms. The average molecular weight is 359 g/mol. The zero-order chi connectivity index (χ0) is 18.6. The molecule has 0 heterocycles. The molecule has 0 atom stereocenters. The predicted octanol–water partition coefficient (Wildman–Crippen LogP) is 3.60. The summed E-state index contributed by atoms with van der Waals surface area (Å²) in [4.78, 5) is 12.0. The van der Waals surface area contributed by atoms with Gasteiger partial charge in [0.2, 0.25) is 9.84 Å². The van der Waals surface area contributed by atoms with Crippen LogP contribution in [0.25, 0.3) is 5.70 Å². The fourth-order valence-electron chi connectivity index (χ4n) is 1.98. The van der Waals surface area contributed by atoms with Crippen LogP contribution in [0.4, 0.5) is 4.39 Å². The first-order valence-corrected chi connectivity index (χ1v) is 9.00. The summed E-state index contributed by atoms with van der Waals surface area (Å²) in [6.45, 7) is 6.89. The van der Waals surface area contributed by atoms with Gasteiger partial charge < -0.3 is 5.32 Å². The van der Waals surface area contributed by atoms with E-state index in [1.807, 2.05) is 6.92 Å². The Kier molecular flexibility index (Phi) is 5.54. The van der Waals surface area contributed by atoms with Crippen molar-refractivity contribution in [3.05, 3.63) is 83.0 Å². The molecule has 2 aromatic carbocycles. The van der Waals surface area contributed by atoms with E-state index < -0.39 is 21.6 Å². The molecule has 25 heavy (non-hydrogen) atoms. The topological polar surface area (TPSA) is 63.2 Å². The lowest BCUT2D eigenvalue weighted by molar-refractivity contribution is -0.116. The number of hydrogen-bond acceptors (Lipinski definition) is 3. The number of halogens is 1. The number of nitrogens with one attached hydrogen (secondary N) is 1. The Morgan fingerprint density at radius 3 is 2.16 bits per heavy atom. The van der Waals surface area contributed by atoms with Crippen molar-refractivity contribution >= 4 is 21.4 Å². The standard InChI is InChI=1S/C19H18FNO3S/c1-13(2)19(22)21-18(15-6-8-16(20)9-7-15)12-25(23,24)17-10-4-14(3)5-11-17/h4-12H,1H2,2-3H3,(H,21,22)/b18-12-. The summed E-state index contributed by atoms with van der Waals surface area (Å²) in [6, 6.07) is 11.5. The smallest absolute Gasteiger partial charge is 0.250 e. The number of carbonyl (C=O) groups is 1. The van der Waals surface area contributed by atoms with Crippen molar-refractivity contribution in [1.29, 1.82) is 0 Å². The highest BCUT2D eigenvalue weighted by Crippen LogP contribution is 2.20. The van der Waals surface area contributed by atoms with Gasteiger partial charge in [-0.15, -0.1) is 0 Å². The maximum Gasteiger partial charge on any atom is 0.250 e. The number of sulfone groups is 1. The van der Waals surface area contributed by atoms with Crippen molar-refractivity contribution < 1.29 is 17.6 Å². The average Bonchev–Trinajstić information content (AvgIpc) is 2.55. The normalized spacial score (nSPS) is 11.9. The summed E-state index contributed by atoms with van der Waals surface area (Å²) >= 11 is 0. The zero-order valence-corrected chi connectivity index (χ0v) is 14.7. The van der Waals surface area contributed by atoms with Gasteiger partial charge >= 0.3 is 0 Å². The van der Waals surface area contributed by atoms with Crippen LogP contribution in [0.15, 0.2) is 71.0 Å². The Labute approximate surface area is 146 Å². The molecule has 0 spiro atoms. The molecular weight excluding hydrogens is 341 g/mol. The van der Waals surface area contributed by atoms with Gasteiger partial charge in [0.1, 0.15) is 5.82 Å². The highest BCUT2D eigenvalue weighted by atomic mass is 32.2. The third-order valence-electron chi connectivity index (χ3n) is 3.41. The molecule has 0 unspecified atom stereocenters. The van der Waals surface area contributed by atoms with Crippen molar-refractivity contribution in [2.24, 2.45) is 0 Å². The Morgan fingerprint density at radius 2 is 1.64 bits per heavy atom. The second kappa shape index (κ2) is 7.44. The van der Waals surface area contributed by atoms with Crippen LogP contribution in [0.2, 0.25) is 0 Å². The molecule has 2 rings (SSSR count). The summed E-state index contributed by atoms with van der Waals surface area (Å²) in [5, 5.41) is 3.47. The molecule has 0 aliphatic carbocycles. The van der Waals surface area contributed by atoms with Crippen molar-refractivity contribution in [3.8, 4) is 0 Å². The predicted molar refractivity (Wildman–Crippen MR) is 95.7 cm³/mol. The minimum Gasteiger partial charge on any atom is -0.321 e. The van der Waals surface area contributed by atoms with E-state index in [1.165, 1.54) is 43.3 Å². The molecule has 0 saturated carbocycles. The molecule has 0 radical (unpaired) electrons. The van der Waals surface area contributed by atoms with E-state index in [2.05, 4.69) is 11.9 Å².